The summed E-state index contributed by atoms with van der Waals surface area (Å²) in [5, 5.41) is 0. The monoisotopic (exact) mass is 229 g/mol. The molecule has 94 valence electrons. The van der Waals surface area contributed by atoms with Crippen LogP contribution in [0, 0.1) is 0 Å². The van der Waals surface area contributed by atoms with Crippen LogP contribution in [0.5, 0.6) is 0 Å². The first-order valence-corrected chi connectivity index (χ1v) is 5.60. The van der Waals surface area contributed by atoms with E-state index in [1.807, 2.05) is 20.8 Å². The fourth-order valence-corrected chi connectivity index (χ4v) is 1.61. The second-order valence-electron chi connectivity index (χ2n) is 4.66. The minimum atomic E-state index is -0.922. The zero-order valence-corrected chi connectivity index (χ0v) is 10.6. The number of nitrogens with zero attached hydrogens (tertiary/aromatic N) is 1. The molecule has 16 heavy (non-hydrogen) atoms. The number of amides is 2. The van der Waals surface area contributed by atoms with Crippen LogP contribution in [0.1, 0.15) is 40.5 Å². The lowest BCUT2D eigenvalue weighted by Gasteiger charge is -2.33. The van der Waals surface area contributed by atoms with Crippen LogP contribution in [0.4, 0.5) is 0 Å². The van der Waals surface area contributed by atoms with Crippen LogP contribution in [-0.4, -0.2) is 34.8 Å². The largest absolute Gasteiger partial charge is 0.368 e. The summed E-state index contributed by atoms with van der Waals surface area (Å²) in [6.45, 7) is 7.25. The molecular weight excluding hydrogens is 206 g/mol. The molecule has 1 unspecified atom stereocenters. The third-order valence-electron chi connectivity index (χ3n) is 2.47. The SMILES string of the molecule is CCCC(C)(N)C(=O)N(CC(N)=O)C(C)C. The minimum absolute atomic E-state index is 0.0764. The van der Waals surface area contributed by atoms with Gasteiger partial charge in [0.2, 0.25) is 11.8 Å². The Hall–Kier alpha value is -1.10. The van der Waals surface area contributed by atoms with E-state index in [1.165, 1.54) is 4.90 Å². The average Bonchev–Trinajstić information content (AvgIpc) is 2.12. The maximum atomic E-state index is 12.1. The lowest BCUT2D eigenvalue weighted by Crippen LogP contribution is -2.56. The van der Waals surface area contributed by atoms with Gasteiger partial charge in [0.25, 0.3) is 0 Å². The second-order valence-corrected chi connectivity index (χ2v) is 4.66. The quantitative estimate of drug-likeness (QED) is 0.683. The van der Waals surface area contributed by atoms with Gasteiger partial charge in [-0.3, -0.25) is 9.59 Å². The van der Waals surface area contributed by atoms with Crippen molar-refractivity contribution in [2.45, 2.75) is 52.1 Å². The number of primary amides is 1. The molecule has 0 bridgehead atoms. The molecule has 0 aromatic heterocycles. The smallest absolute Gasteiger partial charge is 0.243 e. The van der Waals surface area contributed by atoms with Crippen molar-refractivity contribution in [2.75, 3.05) is 6.54 Å². The Morgan fingerprint density at radius 2 is 1.88 bits per heavy atom. The fourth-order valence-electron chi connectivity index (χ4n) is 1.61. The highest BCUT2D eigenvalue weighted by atomic mass is 16.2. The number of carbonyl (C=O) groups is 2. The summed E-state index contributed by atoms with van der Waals surface area (Å²) in [6, 6.07) is -0.0836. The molecule has 5 heteroatoms. The molecule has 0 rings (SSSR count). The van der Waals surface area contributed by atoms with Crippen molar-refractivity contribution in [2.24, 2.45) is 11.5 Å². The van der Waals surface area contributed by atoms with E-state index in [2.05, 4.69) is 0 Å². The molecule has 0 radical (unpaired) electrons. The molecule has 0 aromatic carbocycles. The molecule has 0 aliphatic rings. The van der Waals surface area contributed by atoms with Crippen LogP contribution in [0.2, 0.25) is 0 Å². The summed E-state index contributed by atoms with van der Waals surface area (Å²) in [7, 11) is 0. The summed E-state index contributed by atoms with van der Waals surface area (Å²) in [5.74, 6) is -0.738. The van der Waals surface area contributed by atoms with E-state index in [4.69, 9.17) is 11.5 Å². The van der Waals surface area contributed by atoms with E-state index in [-0.39, 0.29) is 18.5 Å². The minimum Gasteiger partial charge on any atom is -0.368 e. The highest BCUT2D eigenvalue weighted by Gasteiger charge is 2.33. The Balaban J connectivity index is 4.80. The van der Waals surface area contributed by atoms with Crippen LogP contribution in [-0.2, 0) is 9.59 Å². The van der Waals surface area contributed by atoms with Crippen molar-refractivity contribution in [3.8, 4) is 0 Å². The standard InChI is InChI=1S/C11H23N3O2/c1-5-6-11(4,13)10(16)14(8(2)3)7-9(12)15/h8H,5-7,13H2,1-4H3,(H2,12,15). The molecule has 0 aliphatic carbocycles. The van der Waals surface area contributed by atoms with Gasteiger partial charge in [0.15, 0.2) is 0 Å². The summed E-state index contributed by atoms with van der Waals surface area (Å²) >= 11 is 0. The third kappa shape index (κ3) is 4.18. The third-order valence-corrected chi connectivity index (χ3v) is 2.47. The molecule has 0 aromatic rings. The Morgan fingerprint density at radius 1 is 1.38 bits per heavy atom. The lowest BCUT2D eigenvalue weighted by atomic mass is 9.95. The van der Waals surface area contributed by atoms with Gasteiger partial charge < -0.3 is 16.4 Å². The molecule has 0 saturated heterocycles. The van der Waals surface area contributed by atoms with Crippen LogP contribution >= 0.6 is 0 Å². The Bertz CT molecular complexity index is 262. The molecule has 2 amide bonds. The molecule has 0 fully saturated rings. The second kappa shape index (κ2) is 5.84. The maximum absolute atomic E-state index is 12.1. The normalized spacial score (nSPS) is 14.6. The predicted molar refractivity (Wildman–Crippen MR) is 63.5 cm³/mol. The van der Waals surface area contributed by atoms with Crippen molar-refractivity contribution in [1.82, 2.24) is 4.90 Å². The van der Waals surface area contributed by atoms with Crippen molar-refractivity contribution >= 4 is 11.8 Å². The van der Waals surface area contributed by atoms with Gasteiger partial charge in [-0.1, -0.05) is 13.3 Å². The summed E-state index contributed by atoms with van der Waals surface area (Å²) < 4.78 is 0. The molecule has 4 N–H and O–H groups in total. The van der Waals surface area contributed by atoms with E-state index in [0.717, 1.165) is 6.42 Å². The Labute approximate surface area is 97.2 Å². The van der Waals surface area contributed by atoms with Crippen LogP contribution in [0.3, 0.4) is 0 Å². The van der Waals surface area contributed by atoms with Gasteiger partial charge in [0.05, 0.1) is 12.1 Å². The molecule has 1 atom stereocenters. The summed E-state index contributed by atoms with van der Waals surface area (Å²) in [6.07, 6.45) is 1.41. The molecule has 0 heterocycles. The summed E-state index contributed by atoms with van der Waals surface area (Å²) in [4.78, 5) is 24.4. The van der Waals surface area contributed by atoms with Crippen LogP contribution in [0.15, 0.2) is 0 Å². The lowest BCUT2D eigenvalue weighted by molar-refractivity contribution is -0.141. The fraction of sp³-hybridized carbons (Fsp3) is 0.818. The van der Waals surface area contributed by atoms with Gasteiger partial charge in [-0.05, 0) is 27.2 Å². The molecule has 0 saturated carbocycles. The van der Waals surface area contributed by atoms with E-state index in [0.29, 0.717) is 6.42 Å². The first-order valence-electron chi connectivity index (χ1n) is 5.60. The summed E-state index contributed by atoms with van der Waals surface area (Å²) in [5.41, 5.74) is 10.1. The van der Waals surface area contributed by atoms with E-state index in [9.17, 15) is 9.59 Å². The number of hydrogen-bond acceptors (Lipinski definition) is 3. The number of hydrogen-bond donors (Lipinski definition) is 2. The molecular formula is C11H23N3O2. The number of rotatable bonds is 6. The zero-order chi connectivity index (χ0) is 12.9. The van der Waals surface area contributed by atoms with Crippen LogP contribution < -0.4 is 11.5 Å². The maximum Gasteiger partial charge on any atom is 0.243 e. The van der Waals surface area contributed by atoms with E-state index < -0.39 is 11.4 Å². The highest BCUT2D eigenvalue weighted by Crippen LogP contribution is 2.14. The Kier molecular flexibility index (Phi) is 5.44. The van der Waals surface area contributed by atoms with Crippen molar-refractivity contribution in [1.29, 1.82) is 0 Å². The number of carbonyl (C=O) groups excluding carboxylic acids is 2. The Morgan fingerprint density at radius 3 is 2.19 bits per heavy atom. The van der Waals surface area contributed by atoms with Gasteiger partial charge in [-0.2, -0.15) is 0 Å². The van der Waals surface area contributed by atoms with Crippen molar-refractivity contribution in [3.63, 3.8) is 0 Å². The van der Waals surface area contributed by atoms with Gasteiger partial charge >= 0.3 is 0 Å². The van der Waals surface area contributed by atoms with Gasteiger partial charge in [0.1, 0.15) is 0 Å². The molecule has 0 aliphatic heterocycles. The topological polar surface area (TPSA) is 89.4 Å². The van der Waals surface area contributed by atoms with E-state index in [1.54, 1.807) is 6.92 Å². The van der Waals surface area contributed by atoms with Crippen LogP contribution in [0.25, 0.3) is 0 Å². The molecule has 0 spiro atoms. The predicted octanol–water partition coefficient (Wildman–Crippen LogP) is 0.226. The first-order chi connectivity index (χ1) is 7.22. The zero-order valence-electron chi connectivity index (χ0n) is 10.6. The highest BCUT2D eigenvalue weighted by molar-refractivity contribution is 5.89. The van der Waals surface area contributed by atoms with Crippen molar-refractivity contribution in [3.05, 3.63) is 0 Å². The molecule has 5 nitrogen and oxygen atoms in total. The van der Waals surface area contributed by atoms with Gasteiger partial charge in [-0.15, -0.1) is 0 Å². The average molecular weight is 229 g/mol. The van der Waals surface area contributed by atoms with E-state index >= 15 is 0 Å². The first kappa shape index (κ1) is 14.9. The van der Waals surface area contributed by atoms with Crippen molar-refractivity contribution < 1.29 is 9.59 Å². The number of nitrogens with two attached hydrogens (primary N) is 2. The van der Waals surface area contributed by atoms with Gasteiger partial charge in [0, 0.05) is 6.04 Å². The van der Waals surface area contributed by atoms with Gasteiger partial charge in [-0.25, -0.2) is 0 Å².